The zero-order valence-electron chi connectivity index (χ0n) is 27.6. The lowest BCUT2D eigenvalue weighted by atomic mass is 9.80. The Labute approximate surface area is 291 Å². The molecule has 1 heterocycles. The predicted octanol–water partition coefficient (Wildman–Crippen LogP) is 11.9. The minimum Gasteiger partial charge on any atom is -0.294 e. The molecule has 1 aliphatic rings. The van der Waals surface area contributed by atoms with Crippen LogP contribution in [-0.4, -0.2) is 11.4 Å². The van der Waals surface area contributed by atoms with Crippen molar-refractivity contribution in [3.8, 4) is 33.4 Å². The van der Waals surface area contributed by atoms with Crippen molar-refractivity contribution < 1.29 is 26.3 Å². The molecular weight excluding hydrogens is 656 g/mol. The molecule has 7 aromatic carbocycles. The van der Waals surface area contributed by atoms with Crippen LogP contribution in [0.25, 0.3) is 54.9 Å². The Hall–Kier alpha value is -5.40. The van der Waals surface area contributed by atoms with Gasteiger partial charge in [-0.3, -0.25) is 4.90 Å². The molecule has 0 saturated carbocycles. The van der Waals surface area contributed by atoms with Crippen molar-refractivity contribution in [3.63, 3.8) is 0 Å². The maximum atomic E-state index is 15.0. The molecule has 0 atom stereocenters. The average molecular weight is 688 g/mol. The van der Waals surface area contributed by atoms with E-state index in [1.165, 1.54) is 11.1 Å². The number of hydrogen-bond acceptors (Lipinski definition) is 1. The molecule has 0 spiro atoms. The van der Waals surface area contributed by atoms with Gasteiger partial charge in [0, 0.05) is 19.6 Å². The van der Waals surface area contributed by atoms with Crippen LogP contribution >= 0.6 is 0 Å². The molecule has 0 radical (unpaired) electrons. The average Bonchev–Trinajstić information content (AvgIpc) is 3.14. The second-order valence-corrected chi connectivity index (χ2v) is 13.1. The molecule has 1 nitrogen and oxygen atoms in total. The number of halogens is 6. The molecule has 7 aromatic rings. The fraction of sp³-hybridized carbons (Fsp3) is 0.136. The minimum atomic E-state index is -1.54. The Morgan fingerprint density at radius 3 is 1.51 bits per heavy atom. The van der Waals surface area contributed by atoms with Crippen molar-refractivity contribution in [2.24, 2.45) is 0 Å². The first-order chi connectivity index (χ1) is 24.7. The summed E-state index contributed by atoms with van der Waals surface area (Å²) in [4.78, 5) is 2.29. The van der Waals surface area contributed by atoms with Crippen LogP contribution in [0.15, 0.2) is 109 Å². The van der Waals surface area contributed by atoms with Gasteiger partial charge in [0.05, 0.1) is 0 Å². The molecule has 0 N–H and O–H groups in total. The topological polar surface area (TPSA) is 3.24 Å². The molecule has 0 aromatic heterocycles. The Kier molecular flexibility index (Phi) is 8.39. The third-order valence-corrected chi connectivity index (χ3v) is 10.1. The van der Waals surface area contributed by atoms with Gasteiger partial charge in [-0.2, -0.15) is 0 Å². The lowest BCUT2D eigenvalue weighted by Gasteiger charge is -2.31. The smallest absolute Gasteiger partial charge is 0.194 e. The van der Waals surface area contributed by atoms with E-state index in [1.54, 1.807) is 0 Å². The number of nitrogens with zero attached hydrogens (tertiary/aromatic N) is 1. The molecule has 0 bridgehead atoms. The molecular formula is C44H31F6N. The van der Waals surface area contributed by atoms with E-state index >= 15 is 0 Å². The van der Waals surface area contributed by atoms with Crippen LogP contribution in [0.4, 0.5) is 26.3 Å². The monoisotopic (exact) mass is 687 g/mol. The zero-order valence-corrected chi connectivity index (χ0v) is 27.6. The van der Waals surface area contributed by atoms with Crippen LogP contribution in [0.3, 0.4) is 0 Å². The molecule has 51 heavy (non-hydrogen) atoms. The minimum absolute atomic E-state index is 0.187. The Morgan fingerprint density at radius 2 is 0.980 bits per heavy atom. The number of rotatable bonds is 6. The van der Waals surface area contributed by atoms with Gasteiger partial charge in [0.25, 0.3) is 0 Å². The van der Waals surface area contributed by atoms with E-state index in [1.807, 2.05) is 79.7 Å². The summed E-state index contributed by atoms with van der Waals surface area (Å²) >= 11 is 0. The largest absolute Gasteiger partial charge is 0.294 e. The van der Waals surface area contributed by atoms with Gasteiger partial charge in [0.15, 0.2) is 34.9 Å². The lowest BCUT2D eigenvalue weighted by molar-refractivity contribution is 0.246. The van der Waals surface area contributed by atoms with Gasteiger partial charge in [-0.1, -0.05) is 79.7 Å². The summed E-state index contributed by atoms with van der Waals surface area (Å²) in [6.45, 7) is 3.70. The second kappa shape index (κ2) is 13.1. The predicted molar refractivity (Wildman–Crippen MR) is 191 cm³/mol. The van der Waals surface area contributed by atoms with Crippen LogP contribution in [0.5, 0.6) is 0 Å². The Morgan fingerprint density at radius 1 is 0.529 bits per heavy atom. The van der Waals surface area contributed by atoms with Crippen LogP contribution in [0, 0.1) is 34.9 Å². The Balaban J connectivity index is 1.49. The highest BCUT2D eigenvalue weighted by Crippen LogP contribution is 2.47. The number of hydrogen-bond donors (Lipinski definition) is 0. The first-order valence-corrected chi connectivity index (χ1v) is 16.9. The van der Waals surface area contributed by atoms with E-state index in [9.17, 15) is 26.3 Å². The standard InChI is InChI=1S/C44H31F6N/c1-2-31-34(29-19-37(45)43(49)38(46)20-29)17-26-10-5-7-13-32(26)41(31)42-33-14-8-6-11-27(33)18-35(30-21-39(47)44(50)40(48)22-30)36(42)24-51-16-15-25-9-3-4-12-28(25)23-51/h3-14,17-22H,2,15-16,23-24H2,1H3. The summed E-state index contributed by atoms with van der Waals surface area (Å²) in [7, 11) is 0. The SMILES string of the molecule is CCc1c(-c2cc(F)c(F)c(F)c2)cc2ccccc2c1-c1c(CN2CCc3ccccc3C2)c(-c2cc(F)c(F)c(F)c2)cc2ccccc12. The maximum absolute atomic E-state index is 15.0. The summed E-state index contributed by atoms with van der Waals surface area (Å²) in [5.41, 5.74) is 7.03. The van der Waals surface area contributed by atoms with Gasteiger partial charge in [0.1, 0.15) is 0 Å². The molecule has 8 rings (SSSR count). The highest BCUT2D eigenvalue weighted by atomic mass is 19.2. The zero-order chi connectivity index (χ0) is 35.4. The molecule has 0 unspecified atom stereocenters. The third-order valence-electron chi connectivity index (χ3n) is 10.1. The van der Waals surface area contributed by atoms with Gasteiger partial charge in [0.2, 0.25) is 0 Å². The van der Waals surface area contributed by atoms with E-state index < -0.39 is 34.9 Å². The number of benzene rings is 7. The van der Waals surface area contributed by atoms with E-state index in [0.717, 1.165) is 81.0 Å². The van der Waals surface area contributed by atoms with Crippen LogP contribution in [-0.2, 0) is 25.9 Å². The summed E-state index contributed by atoms with van der Waals surface area (Å²) < 4.78 is 88.0. The number of fused-ring (bicyclic) bond motifs is 3. The van der Waals surface area contributed by atoms with Gasteiger partial charge in [-0.15, -0.1) is 0 Å². The highest BCUT2D eigenvalue weighted by molar-refractivity contribution is 6.11. The van der Waals surface area contributed by atoms with Crippen molar-refractivity contribution in [1.29, 1.82) is 0 Å². The molecule has 254 valence electrons. The molecule has 7 heteroatoms. The molecule has 0 amide bonds. The van der Waals surface area contributed by atoms with Gasteiger partial charge >= 0.3 is 0 Å². The molecule has 0 fully saturated rings. The lowest BCUT2D eigenvalue weighted by Crippen LogP contribution is -2.30. The maximum Gasteiger partial charge on any atom is 0.194 e. The summed E-state index contributed by atoms with van der Waals surface area (Å²) in [5.74, 6) is -8.25. The van der Waals surface area contributed by atoms with E-state index in [2.05, 4.69) is 17.0 Å². The van der Waals surface area contributed by atoms with Crippen molar-refractivity contribution in [3.05, 3.63) is 166 Å². The highest BCUT2D eigenvalue weighted by Gasteiger charge is 2.27. The van der Waals surface area contributed by atoms with E-state index in [-0.39, 0.29) is 11.1 Å². The van der Waals surface area contributed by atoms with Crippen LogP contribution in [0.1, 0.15) is 29.2 Å². The van der Waals surface area contributed by atoms with Gasteiger partial charge in [-0.05, 0) is 126 Å². The molecule has 0 saturated heterocycles. The van der Waals surface area contributed by atoms with Crippen LogP contribution < -0.4 is 0 Å². The van der Waals surface area contributed by atoms with Crippen LogP contribution in [0.2, 0.25) is 0 Å². The van der Waals surface area contributed by atoms with Crippen molar-refractivity contribution in [1.82, 2.24) is 4.90 Å². The normalized spacial score (nSPS) is 13.2. The summed E-state index contributed by atoms with van der Waals surface area (Å²) in [6.07, 6.45) is 1.25. The third kappa shape index (κ3) is 5.75. The fourth-order valence-corrected chi connectivity index (χ4v) is 7.73. The first kappa shape index (κ1) is 32.8. The fourth-order valence-electron chi connectivity index (χ4n) is 7.73. The second-order valence-electron chi connectivity index (χ2n) is 13.1. The summed E-state index contributed by atoms with van der Waals surface area (Å²) in [5, 5.41) is 3.31. The molecule has 0 aliphatic carbocycles. The van der Waals surface area contributed by atoms with E-state index in [0.29, 0.717) is 30.6 Å². The molecule has 1 aliphatic heterocycles. The quantitative estimate of drug-likeness (QED) is 0.124. The van der Waals surface area contributed by atoms with E-state index in [4.69, 9.17) is 0 Å². The van der Waals surface area contributed by atoms with Crippen molar-refractivity contribution in [2.75, 3.05) is 6.54 Å². The van der Waals surface area contributed by atoms with Gasteiger partial charge < -0.3 is 0 Å². The van der Waals surface area contributed by atoms with Crippen molar-refractivity contribution in [2.45, 2.75) is 32.9 Å². The van der Waals surface area contributed by atoms with Gasteiger partial charge in [-0.25, -0.2) is 26.3 Å². The Bertz CT molecular complexity index is 2460. The summed E-state index contributed by atoms with van der Waals surface area (Å²) in [6, 6.07) is 31.5. The first-order valence-electron chi connectivity index (χ1n) is 16.9. The van der Waals surface area contributed by atoms with Crippen molar-refractivity contribution >= 4 is 21.5 Å².